The summed E-state index contributed by atoms with van der Waals surface area (Å²) in [7, 11) is 0. The van der Waals surface area contributed by atoms with Gasteiger partial charge >= 0.3 is 0 Å². The second kappa shape index (κ2) is 8.91. The first kappa shape index (κ1) is 17.0. The van der Waals surface area contributed by atoms with Crippen molar-refractivity contribution in [2.24, 2.45) is 0 Å². The van der Waals surface area contributed by atoms with Gasteiger partial charge < -0.3 is 15.2 Å². The summed E-state index contributed by atoms with van der Waals surface area (Å²) in [5, 5.41) is 12.8. The van der Waals surface area contributed by atoms with Crippen molar-refractivity contribution in [2.45, 2.75) is 25.7 Å². The molecule has 0 saturated carbocycles. The number of aliphatic hydroxyl groups excluding tert-OH is 1. The summed E-state index contributed by atoms with van der Waals surface area (Å²) >= 11 is 5.83. The third kappa shape index (κ3) is 5.78. The molecule has 0 unspecified atom stereocenters. The van der Waals surface area contributed by atoms with Crippen LogP contribution in [0.3, 0.4) is 0 Å². The molecule has 2 rings (SSSR count). The lowest BCUT2D eigenvalue weighted by Gasteiger charge is -2.15. The molecule has 0 aliphatic heterocycles. The molecule has 22 heavy (non-hydrogen) atoms. The molecule has 0 aliphatic rings. The number of hydrogen-bond acceptors (Lipinski definition) is 2. The van der Waals surface area contributed by atoms with Gasteiger partial charge in [-0.3, -0.25) is 0 Å². The fourth-order valence-corrected chi connectivity index (χ4v) is 2.34. The highest BCUT2D eigenvalue weighted by Gasteiger charge is 2.12. The van der Waals surface area contributed by atoms with Gasteiger partial charge in [-0.2, -0.15) is 0 Å². The highest BCUT2D eigenvalue weighted by atomic mass is 35.5. The molecule has 0 fully saturated rings. The topological polar surface area (TPSA) is 46.1 Å². The first-order valence-electron chi connectivity index (χ1n) is 7.53. The molecular formula is C18H23ClNO2+. The summed E-state index contributed by atoms with van der Waals surface area (Å²) in [6, 6.07) is 18.1. The van der Waals surface area contributed by atoms with Crippen LogP contribution in [-0.2, 0) is 11.3 Å². The molecule has 0 aromatic heterocycles. The third-order valence-corrected chi connectivity index (χ3v) is 3.83. The molecule has 2 aromatic rings. The Morgan fingerprint density at radius 2 is 1.77 bits per heavy atom. The number of hydrogen-bond donors (Lipinski definition) is 2. The highest BCUT2D eigenvalue weighted by molar-refractivity contribution is 6.30. The molecule has 0 radical (unpaired) electrons. The lowest BCUT2D eigenvalue weighted by Crippen LogP contribution is -2.87. The maximum atomic E-state index is 9.99. The third-order valence-electron chi connectivity index (χ3n) is 3.58. The summed E-state index contributed by atoms with van der Waals surface area (Å²) in [6.07, 6.45) is -0.474. The largest absolute Gasteiger partial charge is 0.385 e. The number of aliphatic hydroxyl groups is 1. The Morgan fingerprint density at radius 3 is 2.45 bits per heavy atom. The second-order valence-corrected chi connectivity index (χ2v) is 5.90. The molecule has 3 nitrogen and oxygen atoms in total. The lowest BCUT2D eigenvalue weighted by atomic mass is 10.1. The van der Waals surface area contributed by atoms with E-state index in [9.17, 15) is 5.11 Å². The molecule has 0 amide bonds. The molecule has 3 N–H and O–H groups in total. The van der Waals surface area contributed by atoms with Crippen molar-refractivity contribution in [3.8, 4) is 0 Å². The van der Waals surface area contributed by atoms with Crippen molar-refractivity contribution < 1.29 is 15.2 Å². The molecule has 118 valence electrons. The maximum absolute atomic E-state index is 9.99. The zero-order valence-electron chi connectivity index (χ0n) is 12.8. The van der Waals surface area contributed by atoms with Gasteiger partial charge in [0.15, 0.2) is 0 Å². The fraction of sp³-hybridized carbons (Fsp3) is 0.333. The number of quaternary nitrogens is 1. The Morgan fingerprint density at radius 1 is 1.09 bits per heavy atom. The molecule has 0 saturated heterocycles. The molecule has 0 aliphatic carbocycles. The van der Waals surface area contributed by atoms with Crippen molar-refractivity contribution in [1.82, 2.24) is 0 Å². The van der Waals surface area contributed by atoms with Crippen LogP contribution in [0.2, 0.25) is 5.02 Å². The van der Waals surface area contributed by atoms with Gasteiger partial charge in [0.2, 0.25) is 0 Å². The van der Waals surface area contributed by atoms with E-state index < -0.39 is 6.10 Å². The summed E-state index contributed by atoms with van der Waals surface area (Å²) in [4.78, 5) is 0. The van der Waals surface area contributed by atoms with Gasteiger partial charge in [-0.25, -0.2) is 0 Å². The predicted molar refractivity (Wildman–Crippen MR) is 88.8 cm³/mol. The summed E-state index contributed by atoms with van der Waals surface area (Å²) < 4.78 is 5.55. The Hall–Kier alpha value is -1.39. The van der Waals surface area contributed by atoms with E-state index in [0.717, 1.165) is 5.56 Å². The summed E-state index contributed by atoms with van der Waals surface area (Å²) in [6.45, 7) is 3.58. The number of halogens is 1. The van der Waals surface area contributed by atoms with Crippen molar-refractivity contribution in [2.75, 3.05) is 13.2 Å². The highest BCUT2D eigenvalue weighted by Crippen LogP contribution is 2.10. The van der Waals surface area contributed by atoms with Gasteiger partial charge in [0, 0.05) is 10.6 Å². The molecule has 4 heteroatoms. The first-order valence-corrected chi connectivity index (χ1v) is 7.91. The number of ether oxygens (including phenoxy) is 1. The Kier molecular flexibility index (Phi) is 6.87. The van der Waals surface area contributed by atoms with E-state index in [2.05, 4.69) is 24.4 Å². The van der Waals surface area contributed by atoms with Crippen LogP contribution in [0.4, 0.5) is 0 Å². The Labute approximate surface area is 136 Å². The quantitative estimate of drug-likeness (QED) is 0.785. The van der Waals surface area contributed by atoms with Gasteiger partial charge in [0.1, 0.15) is 18.7 Å². The molecule has 0 spiro atoms. The van der Waals surface area contributed by atoms with Crippen LogP contribution < -0.4 is 5.32 Å². The molecule has 0 bridgehead atoms. The monoisotopic (exact) mass is 320 g/mol. The van der Waals surface area contributed by atoms with Crippen molar-refractivity contribution in [3.05, 3.63) is 70.7 Å². The van der Waals surface area contributed by atoms with Crippen molar-refractivity contribution in [3.63, 3.8) is 0 Å². The van der Waals surface area contributed by atoms with Crippen LogP contribution in [0.25, 0.3) is 0 Å². The number of benzene rings is 2. The fourth-order valence-electron chi connectivity index (χ4n) is 2.22. The van der Waals surface area contributed by atoms with E-state index in [1.165, 1.54) is 5.56 Å². The van der Waals surface area contributed by atoms with E-state index in [-0.39, 0.29) is 0 Å². The standard InChI is InChI=1S/C18H22ClNO2/c1-14(16-5-3-2-4-6-16)20-11-18(21)13-22-12-15-7-9-17(19)10-8-15/h2-10,14,18,20-21H,11-13H2,1H3/p+1/t14-,18-/m1/s1. The SMILES string of the molecule is C[C@@H]([NH2+]C[C@@H](O)COCc1ccc(Cl)cc1)c1ccccc1. The van der Waals surface area contributed by atoms with Gasteiger partial charge in [-0.1, -0.05) is 54.1 Å². The van der Waals surface area contributed by atoms with E-state index in [0.29, 0.717) is 30.8 Å². The van der Waals surface area contributed by atoms with Crippen LogP contribution in [-0.4, -0.2) is 24.4 Å². The summed E-state index contributed by atoms with van der Waals surface area (Å²) in [5.41, 5.74) is 2.31. The van der Waals surface area contributed by atoms with Crippen LogP contribution >= 0.6 is 11.6 Å². The van der Waals surface area contributed by atoms with Crippen LogP contribution in [0, 0.1) is 0 Å². The van der Waals surface area contributed by atoms with Gasteiger partial charge in [0.05, 0.1) is 13.2 Å². The van der Waals surface area contributed by atoms with Gasteiger partial charge in [-0.15, -0.1) is 0 Å². The van der Waals surface area contributed by atoms with E-state index in [1.54, 1.807) is 0 Å². The lowest BCUT2D eigenvalue weighted by molar-refractivity contribution is -0.698. The number of nitrogens with two attached hydrogens (primary N) is 1. The molecule has 0 heterocycles. The van der Waals surface area contributed by atoms with E-state index >= 15 is 0 Å². The molecular weight excluding hydrogens is 298 g/mol. The summed E-state index contributed by atoms with van der Waals surface area (Å²) in [5.74, 6) is 0. The van der Waals surface area contributed by atoms with Gasteiger partial charge in [0.25, 0.3) is 0 Å². The van der Waals surface area contributed by atoms with Crippen molar-refractivity contribution in [1.29, 1.82) is 0 Å². The molecule has 2 atom stereocenters. The minimum absolute atomic E-state index is 0.326. The van der Waals surface area contributed by atoms with E-state index in [1.807, 2.05) is 42.5 Å². The zero-order chi connectivity index (χ0) is 15.8. The van der Waals surface area contributed by atoms with Crippen molar-refractivity contribution >= 4 is 11.6 Å². The Bertz CT molecular complexity index is 545. The van der Waals surface area contributed by atoms with Crippen LogP contribution in [0.15, 0.2) is 54.6 Å². The minimum Gasteiger partial charge on any atom is -0.385 e. The smallest absolute Gasteiger partial charge is 0.126 e. The normalized spacial score (nSPS) is 13.8. The predicted octanol–water partition coefficient (Wildman–Crippen LogP) is 2.54. The average molecular weight is 321 g/mol. The minimum atomic E-state index is -0.474. The maximum Gasteiger partial charge on any atom is 0.126 e. The average Bonchev–Trinajstić information content (AvgIpc) is 2.55. The second-order valence-electron chi connectivity index (χ2n) is 5.47. The van der Waals surface area contributed by atoms with Crippen LogP contribution in [0.1, 0.15) is 24.1 Å². The Balaban J connectivity index is 1.65. The van der Waals surface area contributed by atoms with Gasteiger partial charge in [-0.05, 0) is 24.6 Å². The zero-order valence-corrected chi connectivity index (χ0v) is 13.5. The van der Waals surface area contributed by atoms with Crippen LogP contribution in [0.5, 0.6) is 0 Å². The first-order chi connectivity index (χ1) is 10.6. The molecule has 2 aromatic carbocycles. The van der Waals surface area contributed by atoms with E-state index in [4.69, 9.17) is 16.3 Å². The number of rotatable bonds is 8.